The van der Waals surface area contributed by atoms with E-state index in [1.807, 2.05) is 65.8 Å². The summed E-state index contributed by atoms with van der Waals surface area (Å²) >= 11 is 0. The van der Waals surface area contributed by atoms with Crippen LogP contribution in [0.4, 0.5) is 4.79 Å². The number of nitrogens with zero attached hydrogens (tertiary/aromatic N) is 2. The first-order valence-corrected chi connectivity index (χ1v) is 12.7. The smallest absolute Gasteiger partial charge is 0.436 e. The number of hydrogen-bond acceptors (Lipinski definition) is 6. The fourth-order valence-corrected chi connectivity index (χ4v) is 4.68. The van der Waals surface area contributed by atoms with Crippen molar-refractivity contribution in [3.63, 3.8) is 0 Å². The molecule has 0 saturated carbocycles. The lowest BCUT2D eigenvalue weighted by Gasteiger charge is -2.32. The molecule has 2 fully saturated rings. The summed E-state index contributed by atoms with van der Waals surface area (Å²) in [6, 6.07) is 7.81. The number of imidazole rings is 1. The Balaban J connectivity index is 1.49. The lowest BCUT2D eigenvalue weighted by molar-refractivity contribution is -0.144. The number of H-pyrrole nitrogens is 1. The standard InChI is InChI=1S/C26H37BN4O5/c1-7-16(2)21(34-24(28)33)23(32)31-14-8-9-20(31)22-29-15-19(30-22)17-10-12-18(13-11-17)27-35-25(3,4)26(5,6)36-27/h10-13,15-16,20-21H,7-9,14H2,1-6H3,(H2,28,33)(H,29,30)/t16?,20-,21-/m0/s1. The van der Waals surface area contributed by atoms with E-state index in [9.17, 15) is 9.59 Å². The predicted molar refractivity (Wildman–Crippen MR) is 137 cm³/mol. The van der Waals surface area contributed by atoms with Crippen LogP contribution in [-0.2, 0) is 18.8 Å². The van der Waals surface area contributed by atoms with Crippen LogP contribution in [0.25, 0.3) is 11.3 Å². The second kappa shape index (κ2) is 9.90. The minimum atomic E-state index is -0.936. The summed E-state index contributed by atoms with van der Waals surface area (Å²) < 4.78 is 17.5. The fourth-order valence-electron chi connectivity index (χ4n) is 4.68. The van der Waals surface area contributed by atoms with E-state index in [0.29, 0.717) is 18.8 Å². The second-order valence-corrected chi connectivity index (χ2v) is 10.8. The van der Waals surface area contributed by atoms with Gasteiger partial charge in [0.1, 0.15) is 5.82 Å². The van der Waals surface area contributed by atoms with Gasteiger partial charge in [0.05, 0.1) is 29.1 Å². The van der Waals surface area contributed by atoms with Gasteiger partial charge in [0.15, 0.2) is 6.10 Å². The zero-order chi connectivity index (χ0) is 26.3. The number of likely N-dealkylation sites (tertiary alicyclic amines) is 1. The first kappa shape index (κ1) is 26.2. The van der Waals surface area contributed by atoms with Crippen molar-refractivity contribution in [2.75, 3.05) is 6.54 Å². The van der Waals surface area contributed by atoms with E-state index in [4.69, 9.17) is 19.8 Å². The number of aromatic nitrogens is 2. The molecule has 2 aliphatic heterocycles. The van der Waals surface area contributed by atoms with Crippen LogP contribution in [0.5, 0.6) is 0 Å². The Labute approximate surface area is 213 Å². The van der Waals surface area contributed by atoms with Crippen LogP contribution in [-0.4, -0.2) is 57.8 Å². The minimum absolute atomic E-state index is 0.138. The maximum atomic E-state index is 13.3. The maximum absolute atomic E-state index is 13.3. The van der Waals surface area contributed by atoms with E-state index >= 15 is 0 Å². The van der Waals surface area contributed by atoms with Gasteiger partial charge in [-0.1, -0.05) is 38.1 Å². The van der Waals surface area contributed by atoms with Crippen molar-refractivity contribution in [2.45, 2.75) is 84.2 Å². The number of carbonyl (C=O) groups is 2. The summed E-state index contributed by atoms with van der Waals surface area (Å²) in [5.41, 5.74) is 7.24. The van der Waals surface area contributed by atoms with Crippen LogP contribution in [0.15, 0.2) is 30.5 Å². The Morgan fingerprint density at radius 2 is 1.86 bits per heavy atom. The SMILES string of the molecule is CCC(C)[C@H](OC(N)=O)C(=O)N1CCC[C@H]1c1ncc(-c2ccc(B3OC(C)(C)C(C)(C)O3)cc2)[nH]1. The van der Waals surface area contributed by atoms with Gasteiger partial charge in [0.25, 0.3) is 5.91 Å². The van der Waals surface area contributed by atoms with Gasteiger partial charge in [0.2, 0.25) is 0 Å². The quantitative estimate of drug-likeness (QED) is 0.566. The molecule has 1 unspecified atom stereocenters. The number of hydrogen-bond donors (Lipinski definition) is 2. The summed E-state index contributed by atoms with van der Waals surface area (Å²) in [4.78, 5) is 34.5. The number of benzene rings is 1. The monoisotopic (exact) mass is 496 g/mol. The van der Waals surface area contributed by atoms with Crippen LogP contribution < -0.4 is 11.2 Å². The molecule has 0 radical (unpaired) electrons. The molecule has 194 valence electrons. The van der Waals surface area contributed by atoms with Crippen LogP contribution in [0, 0.1) is 5.92 Å². The number of carbonyl (C=O) groups excluding carboxylic acids is 2. The van der Waals surface area contributed by atoms with E-state index in [-0.39, 0.29) is 17.9 Å². The molecule has 9 nitrogen and oxygen atoms in total. The molecule has 3 N–H and O–H groups in total. The number of ether oxygens (including phenoxy) is 1. The molecule has 2 aliphatic rings. The van der Waals surface area contributed by atoms with Crippen molar-refractivity contribution in [1.29, 1.82) is 0 Å². The highest BCUT2D eigenvalue weighted by molar-refractivity contribution is 6.62. The zero-order valence-electron chi connectivity index (χ0n) is 22.0. The molecule has 36 heavy (non-hydrogen) atoms. The van der Waals surface area contributed by atoms with Crippen molar-refractivity contribution in [3.8, 4) is 11.3 Å². The van der Waals surface area contributed by atoms with Gasteiger partial charge < -0.3 is 29.7 Å². The summed E-state index contributed by atoms with van der Waals surface area (Å²) in [5, 5.41) is 0. The lowest BCUT2D eigenvalue weighted by atomic mass is 9.79. The van der Waals surface area contributed by atoms with Gasteiger partial charge in [-0.15, -0.1) is 0 Å². The second-order valence-electron chi connectivity index (χ2n) is 10.8. The molecule has 0 spiro atoms. The van der Waals surface area contributed by atoms with E-state index in [2.05, 4.69) is 9.97 Å². The van der Waals surface area contributed by atoms with Crippen LogP contribution in [0.1, 0.15) is 72.7 Å². The molecule has 0 aliphatic carbocycles. The predicted octanol–water partition coefficient (Wildman–Crippen LogP) is 3.55. The van der Waals surface area contributed by atoms with E-state index in [1.54, 1.807) is 11.1 Å². The van der Waals surface area contributed by atoms with Crippen molar-refractivity contribution in [2.24, 2.45) is 11.7 Å². The maximum Gasteiger partial charge on any atom is 0.494 e. The van der Waals surface area contributed by atoms with E-state index in [1.165, 1.54) is 0 Å². The number of primary amides is 1. The summed E-state index contributed by atoms with van der Waals surface area (Å²) in [5.74, 6) is 0.351. The number of rotatable bonds is 7. The van der Waals surface area contributed by atoms with Crippen molar-refractivity contribution in [1.82, 2.24) is 14.9 Å². The Morgan fingerprint density at radius 1 is 1.22 bits per heavy atom. The Kier molecular flexibility index (Phi) is 7.21. The summed E-state index contributed by atoms with van der Waals surface area (Å²) in [6.45, 7) is 12.6. The molecule has 2 aromatic rings. The normalized spacial score (nSPS) is 22.4. The largest absolute Gasteiger partial charge is 0.494 e. The van der Waals surface area contributed by atoms with Crippen LogP contribution in [0.3, 0.4) is 0 Å². The van der Waals surface area contributed by atoms with Gasteiger partial charge in [-0.2, -0.15) is 0 Å². The van der Waals surface area contributed by atoms with Crippen molar-refractivity contribution in [3.05, 3.63) is 36.3 Å². The molecular formula is C26H37BN4O5. The lowest BCUT2D eigenvalue weighted by Crippen LogP contribution is -2.45. The molecule has 1 aromatic carbocycles. The topological polar surface area (TPSA) is 120 Å². The van der Waals surface area contributed by atoms with Crippen molar-refractivity contribution < 1.29 is 23.6 Å². The molecule has 1 aromatic heterocycles. The van der Waals surface area contributed by atoms with E-state index in [0.717, 1.165) is 29.6 Å². The summed E-state index contributed by atoms with van der Waals surface area (Å²) in [6.07, 6.45) is 2.27. The van der Waals surface area contributed by atoms with Gasteiger partial charge in [-0.05, 0) is 58.0 Å². The molecule has 10 heteroatoms. The third-order valence-corrected chi connectivity index (χ3v) is 7.84. The Hall–Kier alpha value is -2.85. The van der Waals surface area contributed by atoms with Gasteiger partial charge >= 0.3 is 13.2 Å². The molecule has 4 rings (SSSR count). The highest BCUT2D eigenvalue weighted by atomic mass is 16.7. The Morgan fingerprint density at radius 3 is 2.44 bits per heavy atom. The number of nitrogens with two attached hydrogens (primary N) is 1. The first-order valence-electron chi connectivity index (χ1n) is 12.7. The molecular weight excluding hydrogens is 459 g/mol. The van der Waals surface area contributed by atoms with Crippen LogP contribution >= 0.6 is 0 Å². The third kappa shape index (κ3) is 5.02. The van der Waals surface area contributed by atoms with Gasteiger partial charge in [-0.3, -0.25) is 4.79 Å². The number of nitrogens with one attached hydrogen (secondary N) is 1. The molecule has 0 bridgehead atoms. The van der Waals surface area contributed by atoms with Crippen LogP contribution in [0.2, 0.25) is 0 Å². The van der Waals surface area contributed by atoms with E-state index < -0.39 is 30.5 Å². The average molecular weight is 496 g/mol. The van der Waals surface area contributed by atoms with Gasteiger partial charge in [-0.25, -0.2) is 9.78 Å². The highest BCUT2D eigenvalue weighted by Crippen LogP contribution is 2.37. The minimum Gasteiger partial charge on any atom is -0.436 e. The first-order chi connectivity index (χ1) is 16.9. The summed E-state index contributed by atoms with van der Waals surface area (Å²) in [7, 11) is -0.416. The number of aromatic amines is 1. The molecule has 2 amide bonds. The Bertz CT molecular complexity index is 1080. The van der Waals surface area contributed by atoms with Gasteiger partial charge in [0, 0.05) is 12.5 Å². The zero-order valence-corrected chi connectivity index (χ0v) is 22.0. The molecule has 2 saturated heterocycles. The average Bonchev–Trinajstić information content (AvgIpc) is 3.54. The fraction of sp³-hybridized carbons (Fsp3) is 0.577. The number of amides is 2. The molecule has 3 atom stereocenters. The molecule has 3 heterocycles. The van der Waals surface area contributed by atoms with Crippen molar-refractivity contribution >= 4 is 24.6 Å². The third-order valence-electron chi connectivity index (χ3n) is 7.84. The highest BCUT2D eigenvalue weighted by Gasteiger charge is 2.51.